The number of amides is 1. The summed E-state index contributed by atoms with van der Waals surface area (Å²) in [6.45, 7) is 0. The molecule has 3 heterocycles. The van der Waals surface area contributed by atoms with E-state index in [0.717, 1.165) is 10.1 Å². The van der Waals surface area contributed by atoms with E-state index in [1.807, 2.05) is 12.1 Å². The van der Waals surface area contributed by atoms with Crippen LogP contribution in [0.4, 0.5) is 5.13 Å². The van der Waals surface area contributed by atoms with Crippen molar-refractivity contribution in [3.8, 4) is 11.5 Å². The van der Waals surface area contributed by atoms with Gasteiger partial charge in [0.05, 0.1) is 28.9 Å². The van der Waals surface area contributed by atoms with E-state index in [0.29, 0.717) is 27.5 Å². The van der Waals surface area contributed by atoms with Crippen molar-refractivity contribution in [1.82, 2.24) is 4.98 Å². The third kappa shape index (κ3) is 3.40. The van der Waals surface area contributed by atoms with Crippen LogP contribution in [0.1, 0.15) is 22.2 Å². The van der Waals surface area contributed by atoms with Gasteiger partial charge in [-0.3, -0.25) is 14.5 Å². The van der Waals surface area contributed by atoms with Gasteiger partial charge in [-0.1, -0.05) is 41.7 Å². The van der Waals surface area contributed by atoms with Gasteiger partial charge in [0.25, 0.3) is 5.91 Å². The van der Waals surface area contributed by atoms with E-state index in [4.69, 9.17) is 9.15 Å². The number of furan rings is 1. The molecular formula is C27H18N2O6S. The van der Waals surface area contributed by atoms with Gasteiger partial charge >= 0.3 is 0 Å². The molecule has 178 valence electrons. The van der Waals surface area contributed by atoms with E-state index in [1.165, 1.54) is 28.4 Å². The molecule has 1 aliphatic rings. The molecule has 3 aromatic carbocycles. The number of hydrogen-bond donors (Lipinski definition) is 2. The average molecular weight is 499 g/mol. The molecule has 1 unspecified atom stereocenters. The van der Waals surface area contributed by atoms with Crippen LogP contribution in [-0.2, 0) is 4.79 Å². The summed E-state index contributed by atoms with van der Waals surface area (Å²) < 4.78 is 11.8. The fourth-order valence-electron chi connectivity index (χ4n) is 4.36. The molecule has 0 bridgehead atoms. The third-order valence-electron chi connectivity index (χ3n) is 6.10. The Kier molecular flexibility index (Phi) is 5.01. The summed E-state index contributed by atoms with van der Waals surface area (Å²) in [5.41, 5.74) is 1.55. The summed E-state index contributed by atoms with van der Waals surface area (Å²) in [5, 5.41) is 21.8. The van der Waals surface area contributed by atoms with Crippen LogP contribution >= 0.6 is 11.3 Å². The maximum atomic E-state index is 13.7. The number of carbonyl (C=O) groups is 2. The number of para-hydroxylation sites is 1. The number of fused-ring (bicyclic) bond motifs is 2. The summed E-state index contributed by atoms with van der Waals surface area (Å²) >= 11 is 1.24. The standard InChI is InChI=1S/C27H18N2O6S/c1-34-17-10-11-18-21(13-17)36-27(28-18)29-23(14-6-8-16(30)9-7-14)22(25(32)26(29)33)24(31)20-12-15-4-2-3-5-19(15)35-20/h2-13,23,30,32H,1H3. The Labute approximate surface area is 208 Å². The highest BCUT2D eigenvalue weighted by Gasteiger charge is 2.46. The fourth-order valence-corrected chi connectivity index (χ4v) is 5.38. The van der Waals surface area contributed by atoms with Crippen molar-refractivity contribution in [3.63, 3.8) is 0 Å². The molecule has 9 heteroatoms. The van der Waals surface area contributed by atoms with Gasteiger partial charge in [-0.25, -0.2) is 4.98 Å². The second kappa shape index (κ2) is 8.24. The number of phenols is 1. The van der Waals surface area contributed by atoms with Crippen molar-refractivity contribution in [3.05, 3.63) is 95.5 Å². The maximum absolute atomic E-state index is 13.7. The lowest BCUT2D eigenvalue weighted by molar-refractivity contribution is -0.117. The minimum atomic E-state index is -0.985. The molecule has 0 saturated carbocycles. The minimum absolute atomic E-state index is 0.00483. The maximum Gasteiger partial charge on any atom is 0.296 e. The topological polar surface area (TPSA) is 113 Å². The van der Waals surface area contributed by atoms with E-state index >= 15 is 0 Å². The van der Waals surface area contributed by atoms with Gasteiger partial charge in [-0.2, -0.15) is 0 Å². The van der Waals surface area contributed by atoms with Gasteiger partial charge < -0.3 is 19.4 Å². The van der Waals surface area contributed by atoms with Crippen molar-refractivity contribution in [2.45, 2.75) is 6.04 Å². The molecule has 0 spiro atoms. The highest BCUT2D eigenvalue weighted by atomic mass is 32.1. The largest absolute Gasteiger partial charge is 0.508 e. The van der Waals surface area contributed by atoms with Gasteiger partial charge in [-0.15, -0.1) is 0 Å². The van der Waals surface area contributed by atoms with Crippen LogP contribution in [0.3, 0.4) is 0 Å². The number of benzene rings is 3. The van der Waals surface area contributed by atoms with E-state index in [1.54, 1.807) is 55.6 Å². The van der Waals surface area contributed by atoms with E-state index in [2.05, 4.69) is 4.98 Å². The molecule has 0 fully saturated rings. The summed E-state index contributed by atoms with van der Waals surface area (Å²) in [4.78, 5) is 33.0. The molecular weight excluding hydrogens is 480 g/mol. The van der Waals surface area contributed by atoms with Gasteiger partial charge in [-0.05, 0) is 48.0 Å². The normalized spacial score (nSPS) is 15.9. The first kappa shape index (κ1) is 21.9. The molecule has 8 nitrogen and oxygen atoms in total. The number of ketones is 1. The molecule has 0 aliphatic carbocycles. The van der Waals surface area contributed by atoms with Crippen molar-refractivity contribution in [2.75, 3.05) is 12.0 Å². The lowest BCUT2D eigenvalue weighted by Crippen LogP contribution is -2.30. The second-order valence-electron chi connectivity index (χ2n) is 8.24. The first-order valence-corrected chi connectivity index (χ1v) is 11.8. The van der Waals surface area contributed by atoms with Crippen molar-refractivity contribution in [1.29, 1.82) is 0 Å². The lowest BCUT2D eigenvalue weighted by atomic mass is 9.95. The number of Topliss-reactive ketones (excluding diaryl/α,β-unsaturated/α-hetero) is 1. The first-order valence-electron chi connectivity index (χ1n) is 11.0. The minimum Gasteiger partial charge on any atom is -0.508 e. The Hall–Kier alpha value is -4.63. The summed E-state index contributed by atoms with van der Waals surface area (Å²) in [6, 6.07) is 19.2. The third-order valence-corrected chi connectivity index (χ3v) is 7.12. The Balaban J connectivity index is 1.50. The zero-order valence-electron chi connectivity index (χ0n) is 18.8. The number of nitrogens with zero attached hydrogens (tertiary/aromatic N) is 2. The van der Waals surface area contributed by atoms with Crippen LogP contribution in [0.5, 0.6) is 11.5 Å². The molecule has 5 aromatic rings. The van der Waals surface area contributed by atoms with Crippen LogP contribution in [0, 0.1) is 0 Å². The number of ether oxygens (including phenoxy) is 1. The van der Waals surface area contributed by atoms with Crippen LogP contribution in [0.15, 0.2) is 88.5 Å². The Morgan fingerprint density at radius 2 is 1.83 bits per heavy atom. The lowest BCUT2D eigenvalue weighted by Gasteiger charge is -2.24. The van der Waals surface area contributed by atoms with Crippen molar-refractivity contribution in [2.24, 2.45) is 0 Å². The number of aliphatic hydroxyl groups excluding tert-OH is 1. The van der Waals surface area contributed by atoms with Gasteiger partial charge in [0.2, 0.25) is 5.78 Å². The number of phenolic OH excluding ortho intramolecular Hbond substituents is 1. The summed E-state index contributed by atoms with van der Waals surface area (Å²) in [6.07, 6.45) is 0. The van der Waals surface area contributed by atoms with Crippen molar-refractivity contribution >= 4 is 49.3 Å². The smallest absolute Gasteiger partial charge is 0.296 e. The fraction of sp³-hybridized carbons (Fsp3) is 0.0741. The summed E-state index contributed by atoms with van der Waals surface area (Å²) in [5.74, 6) is -1.36. The molecule has 2 N–H and O–H groups in total. The van der Waals surface area contributed by atoms with E-state index < -0.39 is 23.5 Å². The highest BCUT2D eigenvalue weighted by molar-refractivity contribution is 7.22. The second-order valence-corrected chi connectivity index (χ2v) is 9.25. The zero-order valence-corrected chi connectivity index (χ0v) is 19.7. The molecule has 36 heavy (non-hydrogen) atoms. The van der Waals surface area contributed by atoms with Crippen LogP contribution in [-0.4, -0.2) is 34.0 Å². The van der Waals surface area contributed by atoms with Crippen LogP contribution in [0.25, 0.3) is 21.2 Å². The van der Waals surface area contributed by atoms with E-state index in [9.17, 15) is 19.8 Å². The van der Waals surface area contributed by atoms with Gasteiger partial charge in [0.1, 0.15) is 17.1 Å². The zero-order chi connectivity index (χ0) is 25.0. The Bertz CT molecular complexity index is 1670. The van der Waals surface area contributed by atoms with Crippen LogP contribution in [0.2, 0.25) is 0 Å². The SMILES string of the molecule is COc1ccc2nc(N3C(=O)C(O)=C(C(=O)c4cc5ccccc5o4)C3c3ccc(O)cc3)sc2c1. The number of aliphatic hydroxyl groups is 1. The van der Waals surface area contributed by atoms with Gasteiger partial charge in [0, 0.05) is 5.39 Å². The van der Waals surface area contributed by atoms with Crippen molar-refractivity contribution < 1.29 is 29.0 Å². The number of aromatic nitrogens is 1. The number of aromatic hydroxyl groups is 1. The molecule has 6 rings (SSSR count). The van der Waals surface area contributed by atoms with Gasteiger partial charge in [0.15, 0.2) is 16.7 Å². The predicted molar refractivity (Wildman–Crippen MR) is 135 cm³/mol. The average Bonchev–Trinajstić information content (AvgIpc) is 3.58. The Morgan fingerprint density at radius 1 is 1.06 bits per heavy atom. The quantitative estimate of drug-likeness (QED) is 0.306. The van der Waals surface area contributed by atoms with E-state index in [-0.39, 0.29) is 17.1 Å². The number of hydrogen-bond acceptors (Lipinski definition) is 8. The first-order chi connectivity index (χ1) is 17.4. The number of carbonyl (C=O) groups excluding carboxylic acids is 2. The number of thiazole rings is 1. The molecule has 1 amide bonds. The molecule has 2 aromatic heterocycles. The molecule has 0 radical (unpaired) electrons. The molecule has 1 aliphatic heterocycles. The number of anilines is 1. The monoisotopic (exact) mass is 498 g/mol. The molecule has 1 atom stereocenters. The highest BCUT2D eigenvalue weighted by Crippen LogP contribution is 2.45. The van der Waals surface area contributed by atoms with Crippen LogP contribution < -0.4 is 9.64 Å². The number of methoxy groups -OCH3 is 1. The Morgan fingerprint density at radius 3 is 2.58 bits per heavy atom. The number of rotatable bonds is 5. The molecule has 0 saturated heterocycles. The predicted octanol–water partition coefficient (Wildman–Crippen LogP) is 5.54. The summed E-state index contributed by atoms with van der Waals surface area (Å²) in [7, 11) is 1.56.